The molecule has 0 saturated heterocycles. The summed E-state index contributed by atoms with van der Waals surface area (Å²) in [4.78, 5) is 1.52. The summed E-state index contributed by atoms with van der Waals surface area (Å²) < 4.78 is 5.47. The van der Waals surface area contributed by atoms with Crippen LogP contribution >= 0.6 is 11.3 Å². The van der Waals surface area contributed by atoms with Gasteiger partial charge in [0.05, 0.1) is 7.11 Å². The van der Waals surface area contributed by atoms with E-state index in [2.05, 4.69) is 32.2 Å². The van der Waals surface area contributed by atoms with Crippen molar-refractivity contribution >= 4 is 11.3 Å². The first-order valence-corrected chi connectivity index (χ1v) is 9.72. The molecule has 1 N–H and O–H groups in total. The van der Waals surface area contributed by atoms with Gasteiger partial charge in [-0.1, -0.05) is 20.8 Å². The van der Waals surface area contributed by atoms with Crippen molar-refractivity contribution in [3.8, 4) is 5.06 Å². The Hall–Kier alpha value is -0.540. The summed E-state index contributed by atoms with van der Waals surface area (Å²) in [5, 5.41) is 4.98. The van der Waals surface area contributed by atoms with Crippen LogP contribution in [0.4, 0.5) is 0 Å². The molecule has 4 atom stereocenters. The van der Waals surface area contributed by atoms with Gasteiger partial charge in [0, 0.05) is 17.5 Å². The van der Waals surface area contributed by atoms with E-state index in [-0.39, 0.29) is 0 Å². The van der Waals surface area contributed by atoms with E-state index in [4.69, 9.17) is 4.74 Å². The molecule has 0 aliphatic heterocycles. The first-order valence-electron chi connectivity index (χ1n) is 8.90. The van der Waals surface area contributed by atoms with Gasteiger partial charge < -0.3 is 10.1 Å². The van der Waals surface area contributed by atoms with Gasteiger partial charge in [0.1, 0.15) is 0 Å². The maximum atomic E-state index is 5.47. The van der Waals surface area contributed by atoms with E-state index in [0.29, 0.717) is 11.5 Å². The van der Waals surface area contributed by atoms with Gasteiger partial charge >= 0.3 is 0 Å². The first-order chi connectivity index (χ1) is 10.5. The zero-order valence-corrected chi connectivity index (χ0v) is 15.1. The predicted molar refractivity (Wildman–Crippen MR) is 92.6 cm³/mol. The van der Waals surface area contributed by atoms with Crippen molar-refractivity contribution in [1.82, 2.24) is 5.32 Å². The number of methoxy groups -OCH3 is 1. The van der Waals surface area contributed by atoms with Gasteiger partial charge in [0.25, 0.3) is 0 Å². The summed E-state index contributed by atoms with van der Waals surface area (Å²) in [6.45, 7) is 8.47. The molecule has 0 unspecified atom stereocenters. The van der Waals surface area contributed by atoms with E-state index < -0.39 is 0 Å². The van der Waals surface area contributed by atoms with Crippen LogP contribution in [-0.2, 0) is 6.54 Å². The second kappa shape index (κ2) is 5.24. The van der Waals surface area contributed by atoms with Gasteiger partial charge in [-0.05, 0) is 66.4 Å². The standard InChI is InChI=1S/C19H29NOS/c1-11-15-7-13(19(15,2)3)8-16(11)20-10-17-14(12-5-6-12)9-18(21-4)22-17/h9,11-13,15-16,20H,5-8,10H2,1-4H3/t11-,13+,15-,16-/m1/s1. The monoisotopic (exact) mass is 319 g/mol. The van der Waals surface area contributed by atoms with Gasteiger partial charge in [-0.25, -0.2) is 0 Å². The third-order valence-corrected chi connectivity index (χ3v) is 8.03. The first kappa shape index (κ1) is 15.0. The maximum Gasteiger partial charge on any atom is 0.173 e. The summed E-state index contributed by atoms with van der Waals surface area (Å²) in [7, 11) is 1.79. The lowest BCUT2D eigenvalue weighted by Gasteiger charge is -2.62. The van der Waals surface area contributed by atoms with E-state index in [1.807, 2.05) is 11.3 Å². The Morgan fingerprint density at radius 1 is 1.32 bits per heavy atom. The minimum atomic E-state index is 0.586. The smallest absolute Gasteiger partial charge is 0.173 e. The molecule has 3 heteroatoms. The summed E-state index contributed by atoms with van der Waals surface area (Å²) in [6.07, 6.45) is 5.56. The second-order valence-electron chi connectivity index (χ2n) is 8.37. The van der Waals surface area contributed by atoms with Gasteiger partial charge in [0.2, 0.25) is 0 Å². The predicted octanol–water partition coefficient (Wildman–Crippen LogP) is 4.79. The number of nitrogens with one attached hydrogen (secondary N) is 1. The fourth-order valence-electron chi connectivity index (χ4n) is 5.04. The molecule has 1 aromatic heterocycles. The molecule has 0 radical (unpaired) electrons. The Kier molecular flexibility index (Phi) is 3.58. The zero-order chi connectivity index (χ0) is 15.5. The van der Waals surface area contributed by atoms with Crippen molar-refractivity contribution in [2.45, 2.75) is 65.0 Å². The molecule has 2 bridgehead atoms. The van der Waals surface area contributed by atoms with Crippen molar-refractivity contribution < 1.29 is 4.74 Å². The minimum Gasteiger partial charge on any atom is -0.487 e. The van der Waals surface area contributed by atoms with Crippen molar-refractivity contribution in [2.24, 2.45) is 23.2 Å². The van der Waals surface area contributed by atoms with Crippen molar-refractivity contribution in [2.75, 3.05) is 7.11 Å². The quantitative estimate of drug-likeness (QED) is 0.842. The van der Waals surface area contributed by atoms with Crippen molar-refractivity contribution in [1.29, 1.82) is 0 Å². The lowest BCUT2D eigenvalue weighted by atomic mass is 9.45. The summed E-state index contributed by atoms with van der Waals surface area (Å²) in [5.41, 5.74) is 2.14. The van der Waals surface area contributed by atoms with E-state index in [1.54, 1.807) is 12.7 Å². The number of hydrogen-bond donors (Lipinski definition) is 1. The van der Waals surface area contributed by atoms with Crippen LogP contribution in [0.5, 0.6) is 5.06 Å². The molecule has 4 aliphatic carbocycles. The van der Waals surface area contributed by atoms with Crippen LogP contribution in [0, 0.1) is 23.2 Å². The highest BCUT2D eigenvalue weighted by molar-refractivity contribution is 7.14. The van der Waals surface area contributed by atoms with Crippen LogP contribution in [0.2, 0.25) is 0 Å². The molecule has 122 valence electrons. The summed E-state index contributed by atoms with van der Waals surface area (Å²) in [6, 6.07) is 2.99. The molecule has 0 spiro atoms. The number of thiophene rings is 1. The molecule has 5 rings (SSSR count). The molecule has 22 heavy (non-hydrogen) atoms. The topological polar surface area (TPSA) is 21.3 Å². The number of ether oxygens (including phenoxy) is 1. The van der Waals surface area contributed by atoms with Crippen LogP contribution in [0.3, 0.4) is 0 Å². The van der Waals surface area contributed by atoms with E-state index in [0.717, 1.165) is 35.3 Å². The normalized spacial score (nSPS) is 36.0. The highest BCUT2D eigenvalue weighted by Crippen LogP contribution is 2.61. The number of hydrogen-bond acceptors (Lipinski definition) is 3. The third-order valence-electron chi connectivity index (χ3n) is 6.92. The SMILES string of the molecule is COc1cc(C2CC2)c(CN[C@@H]2C[C@@H]3C[C@H]([C@H]2C)C3(C)C)s1. The fraction of sp³-hybridized carbons (Fsp3) is 0.789. The van der Waals surface area contributed by atoms with Gasteiger partial charge in [-0.15, -0.1) is 11.3 Å². The molecule has 0 aromatic carbocycles. The van der Waals surface area contributed by atoms with Gasteiger partial charge in [-0.2, -0.15) is 0 Å². The molecule has 0 amide bonds. The van der Waals surface area contributed by atoms with Crippen LogP contribution in [0.15, 0.2) is 6.07 Å². The second-order valence-corrected chi connectivity index (χ2v) is 9.46. The third kappa shape index (κ3) is 2.32. The Labute approximate surface area is 138 Å². The van der Waals surface area contributed by atoms with E-state index >= 15 is 0 Å². The maximum absolute atomic E-state index is 5.47. The van der Waals surface area contributed by atoms with Crippen LogP contribution in [-0.4, -0.2) is 13.2 Å². The Morgan fingerprint density at radius 3 is 2.68 bits per heavy atom. The van der Waals surface area contributed by atoms with Gasteiger partial charge in [-0.3, -0.25) is 0 Å². The lowest BCUT2D eigenvalue weighted by Crippen LogP contribution is -2.59. The van der Waals surface area contributed by atoms with Crippen LogP contribution < -0.4 is 10.1 Å². The Balaban J connectivity index is 1.42. The van der Waals surface area contributed by atoms with Crippen molar-refractivity contribution in [3.63, 3.8) is 0 Å². The molecular formula is C19H29NOS. The number of rotatable bonds is 5. The highest BCUT2D eigenvalue weighted by atomic mass is 32.1. The largest absolute Gasteiger partial charge is 0.487 e. The van der Waals surface area contributed by atoms with Gasteiger partial charge in [0.15, 0.2) is 5.06 Å². The van der Waals surface area contributed by atoms with E-state index in [1.165, 1.54) is 30.6 Å². The lowest BCUT2D eigenvalue weighted by molar-refractivity contribution is -0.115. The van der Waals surface area contributed by atoms with Crippen LogP contribution in [0.1, 0.15) is 62.8 Å². The number of fused-ring (bicyclic) bond motifs is 2. The minimum absolute atomic E-state index is 0.586. The molecule has 2 nitrogen and oxygen atoms in total. The van der Waals surface area contributed by atoms with Crippen LogP contribution in [0.25, 0.3) is 0 Å². The molecule has 4 fully saturated rings. The molecule has 1 aromatic rings. The Bertz CT molecular complexity index is 560. The molecular weight excluding hydrogens is 290 g/mol. The summed E-state index contributed by atoms with van der Waals surface area (Å²) in [5.74, 6) is 3.48. The Morgan fingerprint density at radius 2 is 2.09 bits per heavy atom. The fourth-order valence-corrected chi connectivity index (χ4v) is 6.05. The average Bonchev–Trinajstić information content (AvgIpc) is 3.26. The highest BCUT2D eigenvalue weighted by Gasteiger charge is 2.56. The van der Waals surface area contributed by atoms with E-state index in [9.17, 15) is 0 Å². The van der Waals surface area contributed by atoms with Crippen molar-refractivity contribution in [3.05, 3.63) is 16.5 Å². The summed E-state index contributed by atoms with van der Waals surface area (Å²) >= 11 is 1.84. The zero-order valence-electron chi connectivity index (χ0n) is 14.3. The molecule has 4 saturated carbocycles. The average molecular weight is 320 g/mol. The molecule has 1 heterocycles. The molecule has 4 aliphatic rings.